The largest absolute Gasteiger partial charge is 0.497 e. The van der Waals surface area contributed by atoms with Crippen molar-refractivity contribution in [3.8, 4) is 22.8 Å². The van der Waals surface area contributed by atoms with E-state index < -0.39 is 0 Å². The molecule has 0 amide bonds. The van der Waals surface area contributed by atoms with Crippen molar-refractivity contribution < 1.29 is 9.47 Å². The van der Waals surface area contributed by atoms with Crippen molar-refractivity contribution in [3.63, 3.8) is 0 Å². The number of nitrogens with zero attached hydrogens (tertiary/aromatic N) is 1. The average molecular weight is 248 g/mol. The van der Waals surface area contributed by atoms with Gasteiger partial charge in [0.1, 0.15) is 21.8 Å². The van der Waals surface area contributed by atoms with Gasteiger partial charge in [-0.05, 0) is 18.2 Å². The molecule has 17 heavy (non-hydrogen) atoms. The Bertz CT molecular complexity index is 581. The van der Waals surface area contributed by atoms with E-state index in [1.807, 2.05) is 18.2 Å². The molecular weight excluding hydrogens is 236 g/mol. The Morgan fingerprint density at radius 1 is 1.24 bits per heavy atom. The van der Waals surface area contributed by atoms with E-state index in [1.54, 1.807) is 26.6 Å². The van der Waals surface area contributed by atoms with E-state index in [0.717, 1.165) is 11.3 Å². The molecule has 1 aromatic carbocycles. The van der Waals surface area contributed by atoms with E-state index in [1.165, 1.54) is 0 Å². The highest BCUT2D eigenvalue weighted by Crippen LogP contribution is 2.32. The second-order valence-corrected chi connectivity index (χ2v) is 3.74. The normalized spacial score (nSPS) is 10.0. The third kappa shape index (κ3) is 2.29. The Labute approximate surface area is 104 Å². The van der Waals surface area contributed by atoms with Gasteiger partial charge in [-0.1, -0.05) is 12.2 Å². The van der Waals surface area contributed by atoms with Gasteiger partial charge in [-0.25, -0.2) is 0 Å². The van der Waals surface area contributed by atoms with Crippen LogP contribution in [0.3, 0.4) is 0 Å². The van der Waals surface area contributed by atoms with Crippen molar-refractivity contribution in [2.24, 2.45) is 0 Å². The number of hydrogen-bond donors (Lipinski definition) is 1. The number of ether oxygens (including phenoxy) is 2. The lowest BCUT2D eigenvalue weighted by molar-refractivity contribution is 0.404. The van der Waals surface area contributed by atoms with Crippen LogP contribution in [0.25, 0.3) is 11.3 Å². The second-order valence-electron chi connectivity index (χ2n) is 3.33. The lowest BCUT2D eigenvalue weighted by atomic mass is 10.1. The molecule has 1 heterocycles. The van der Waals surface area contributed by atoms with Crippen LogP contribution in [0.15, 0.2) is 30.6 Å². The van der Waals surface area contributed by atoms with Crippen molar-refractivity contribution in [1.29, 1.82) is 0 Å². The fourth-order valence-electron chi connectivity index (χ4n) is 1.54. The smallest absolute Gasteiger partial charge is 0.130 e. The van der Waals surface area contributed by atoms with Crippen LogP contribution in [0.4, 0.5) is 0 Å². The molecule has 0 saturated carbocycles. The summed E-state index contributed by atoms with van der Waals surface area (Å²) in [6.07, 6.45) is 3.35. The van der Waals surface area contributed by atoms with Crippen molar-refractivity contribution >= 4 is 12.2 Å². The van der Waals surface area contributed by atoms with E-state index in [-0.39, 0.29) is 0 Å². The number of hydrogen-bond acceptors (Lipinski definition) is 4. The van der Waals surface area contributed by atoms with Crippen LogP contribution >= 0.6 is 12.2 Å². The Balaban J connectivity index is 2.65. The first-order chi connectivity index (χ1) is 8.26. The van der Waals surface area contributed by atoms with Crippen LogP contribution in [-0.2, 0) is 0 Å². The highest BCUT2D eigenvalue weighted by molar-refractivity contribution is 7.71. The molecular formula is C12H12N2O2S. The van der Waals surface area contributed by atoms with Crippen LogP contribution in [0.1, 0.15) is 0 Å². The molecule has 0 aliphatic heterocycles. The zero-order valence-electron chi connectivity index (χ0n) is 9.56. The molecule has 1 N–H and O–H groups in total. The maximum atomic E-state index is 5.30. The molecule has 2 rings (SSSR count). The number of aromatic amines is 1. The van der Waals surface area contributed by atoms with E-state index in [9.17, 15) is 0 Å². The standard InChI is InChI=1S/C12H12N2O2S/c1-15-8-3-4-10(16-2)9(7-8)11-12(17)14-6-5-13-11/h3-7H,1-2H3,(H,14,17). The lowest BCUT2D eigenvalue weighted by Gasteiger charge is -2.09. The van der Waals surface area contributed by atoms with Gasteiger partial charge in [0.2, 0.25) is 0 Å². The van der Waals surface area contributed by atoms with Gasteiger partial charge in [0, 0.05) is 18.0 Å². The summed E-state index contributed by atoms with van der Waals surface area (Å²) in [5, 5.41) is 0. The Hall–Kier alpha value is -1.88. The number of nitrogens with one attached hydrogen (secondary N) is 1. The third-order valence-corrected chi connectivity index (χ3v) is 2.68. The van der Waals surface area contributed by atoms with Crippen molar-refractivity contribution in [3.05, 3.63) is 35.2 Å². The average Bonchev–Trinajstić information content (AvgIpc) is 2.38. The summed E-state index contributed by atoms with van der Waals surface area (Å²) in [6, 6.07) is 5.51. The van der Waals surface area contributed by atoms with Gasteiger partial charge in [-0.3, -0.25) is 4.98 Å². The molecule has 4 nitrogen and oxygen atoms in total. The highest BCUT2D eigenvalue weighted by atomic mass is 32.1. The zero-order chi connectivity index (χ0) is 12.3. The minimum atomic E-state index is 0.569. The van der Waals surface area contributed by atoms with E-state index in [4.69, 9.17) is 21.7 Å². The van der Waals surface area contributed by atoms with E-state index in [2.05, 4.69) is 9.97 Å². The summed E-state index contributed by atoms with van der Waals surface area (Å²) in [4.78, 5) is 7.20. The van der Waals surface area contributed by atoms with Crippen molar-refractivity contribution in [1.82, 2.24) is 9.97 Å². The van der Waals surface area contributed by atoms with Crippen molar-refractivity contribution in [2.75, 3.05) is 14.2 Å². The Morgan fingerprint density at radius 2 is 2.06 bits per heavy atom. The molecule has 0 aliphatic rings. The second kappa shape index (κ2) is 4.97. The minimum absolute atomic E-state index is 0.569. The number of benzene rings is 1. The predicted octanol–water partition coefficient (Wildman–Crippen LogP) is 2.82. The number of H-pyrrole nitrogens is 1. The number of rotatable bonds is 3. The van der Waals surface area contributed by atoms with Crippen LogP contribution in [0.2, 0.25) is 0 Å². The molecule has 2 aromatic rings. The summed E-state index contributed by atoms with van der Waals surface area (Å²) in [5.74, 6) is 1.45. The number of methoxy groups -OCH3 is 2. The van der Waals surface area contributed by atoms with Crippen LogP contribution in [-0.4, -0.2) is 24.2 Å². The molecule has 0 radical (unpaired) electrons. The topological polar surface area (TPSA) is 47.1 Å². The first kappa shape index (κ1) is 11.6. The predicted molar refractivity (Wildman–Crippen MR) is 68.0 cm³/mol. The van der Waals surface area contributed by atoms with Gasteiger partial charge in [0.25, 0.3) is 0 Å². The molecule has 0 saturated heterocycles. The van der Waals surface area contributed by atoms with Gasteiger partial charge in [-0.15, -0.1) is 0 Å². The van der Waals surface area contributed by atoms with Crippen LogP contribution in [0.5, 0.6) is 11.5 Å². The maximum Gasteiger partial charge on any atom is 0.130 e. The molecule has 5 heteroatoms. The molecule has 88 valence electrons. The molecule has 0 fully saturated rings. The minimum Gasteiger partial charge on any atom is -0.497 e. The monoisotopic (exact) mass is 248 g/mol. The van der Waals surface area contributed by atoms with Crippen molar-refractivity contribution in [2.45, 2.75) is 0 Å². The fourth-order valence-corrected chi connectivity index (χ4v) is 1.77. The molecule has 1 aromatic heterocycles. The maximum absolute atomic E-state index is 5.30. The Morgan fingerprint density at radius 3 is 2.71 bits per heavy atom. The van der Waals surface area contributed by atoms with Gasteiger partial charge in [0.15, 0.2) is 0 Å². The van der Waals surface area contributed by atoms with E-state index in [0.29, 0.717) is 16.1 Å². The van der Waals surface area contributed by atoms with Gasteiger partial charge < -0.3 is 14.5 Å². The quantitative estimate of drug-likeness (QED) is 0.848. The van der Waals surface area contributed by atoms with Gasteiger partial charge in [0.05, 0.1) is 14.2 Å². The molecule has 0 aliphatic carbocycles. The molecule has 0 spiro atoms. The molecule has 0 atom stereocenters. The zero-order valence-corrected chi connectivity index (χ0v) is 10.4. The van der Waals surface area contributed by atoms with Gasteiger partial charge >= 0.3 is 0 Å². The fraction of sp³-hybridized carbons (Fsp3) is 0.167. The summed E-state index contributed by atoms with van der Waals surface area (Å²) < 4.78 is 11.1. The van der Waals surface area contributed by atoms with E-state index >= 15 is 0 Å². The van der Waals surface area contributed by atoms with Gasteiger partial charge in [-0.2, -0.15) is 0 Å². The summed E-state index contributed by atoms with van der Waals surface area (Å²) in [7, 11) is 3.23. The SMILES string of the molecule is COc1ccc(OC)c(-c2ncc[nH]c2=S)c1. The third-order valence-electron chi connectivity index (χ3n) is 2.37. The van der Waals surface area contributed by atoms with Crippen LogP contribution < -0.4 is 9.47 Å². The highest BCUT2D eigenvalue weighted by Gasteiger charge is 2.10. The molecule has 0 unspecified atom stereocenters. The number of aromatic nitrogens is 2. The summed E-state index contributed by atoms with van der Waals surface area (Å²) in [5.41, 5.74) is 1.49. The first-order valence-electron chi connectivity index (χ1n) is 5.02. The Kier molecular flexibility index (Phi) is 3.39. The summed E-state index contributed by atoms with van der Waals surface area (Å²) in [6.45, 7) is 0. The summed E-state index contributed by atoms with van der Waals surface area (Å²) >= 11 is 5.21. The van der Waals surface area contributed by atoms with Crippen LogP contribution in [0, 0.1) is 4.64 Å². The lowest BCUT2D eigenvalue weighted by Crippen LogP contribution is -1.93. The first-order valence-corrected chi connectivity index (χ1v) is 5.43. The molecule has 0 bridgehead atoms.